The predicted molar refractivity (Wildman–Crippen MR) is 83.4 cm³/mol. The molecule has 0 unspecified atom stereocenters. The van der Waals surface area contributed by atoms with E-state index in [1.807, 2.05) is 19.1 Å². The van der Waals surface area contributed by atoms with Crippen molar-refractivity contribution in [3.05, 3.63) is 29.5 Å². The molecular weight excluding hydrogens is 300 g/mol. The lowest BCUT2D eigenvalue weighted by atomic mass is 9.85. The van der Waals surface area contributed by atoms with Gasteiger partial charge < -0.3 is 14.4 Å². The van der Waals surface area contributed by atoms with E-state index in [-0.39, 0.29) is 11.7 Å². The van der Waals surface area contributed by atoms with E-state index < -0.39 is 0 Å². The molecule has 7 heteroatoms. The van der Waals surface area contributed by atoms with Crippen LogP contribution in [0.15, 0.2) is 24.5 Å². The van der Waals surface area contributed by atoms with E-state index in [9.17, 15) is 0 Å². The number of aromatic nitrogens is 3. The van der Waals surface area contributed by atoms with E-state index in [2.05, 4.69) is 20.1 Å². The minimum atomic E-state index is -0.0926. The summed E-state index contributed by atoms with van der Waals surface area (Å²) in [5.74, 6) is 0.834. The number of ether oxygens (including phenoxy) is 2. The lowest BCUT2D eigenvalue weighted by molar-refractivity contribution is -0.126. The van der Waals surface area contributed by atoms with Crippen molar-refractivity contribution in [1.82, 2.24) is 15.2 Å². The molecule has 0 amide bonds. The molecule has 1 spiro atoms. The van der Waals surface area contributed by atoms with Crippen LogP contribution in [0.25, 0.3) is 0 Å². The highest BCUT2D eigenvalue weighted by Gasteiger charge is 2.49. The highest BCUT2D eigenvalue weighted by Crippen LogP contribution is 2.38. The van der Waals surface area contributed by atoms with E-state index >= 15 is 0 Å². The summed E-state index contributed by atoms with van der Waals surface area (Å²) in [5, 5.41) is 10.3. The first-order valence-electron chi connectivity index (χ1n) is 7.48. The zero-order valence-corrected chi connectivity index (χ0v) is 13.3. The molecule has 0 aromatic carbocycles. The lowest BCUT2D eigenvalue weighted by Gasteiger charge is -2.52. The van der Waals surface area contributed by atoms with Gasteiger partial charge >= 0.3 is 0 Å². The van der Waals surface area contributed by atoms with E-state index in [4.69, 9.17) is 9.47 Å². The van der Waals surface area contributed by atoms with Gasteiger partial charge in [-0.1, -0.05) is 11.3 Å². The fourth-order valence-corrected chi connectivity index (χ4v) is 3.80. The molecule has 116 valence electrons. The summed E-state index contributed by atoms with van der Waals surface area (Å²) in [6.07, 6.45) is 5.55. The second-order valence-corrected chi connectivity index (χ2v) is 7.07. The Balaban J connectivity index is 1.38. The maximum absolute atomic E-state index is 6.05. The van der Waals surface area contributed by atoms with E-state index in [0.717, 1.165) is 48.4 Å². The molecule has 4 heterocycles. The van der Waals surface area contributed by atoms with Gasteiger partial charge in [-0.25, -0.2) is 0 Å². The highest BCUT2D eigenvalue weighted by molar-refractivity contribution is 7.15. The smallest absolute Gasteiger partial charge is 0.208 e. The van der Waals surface area contributed by atoms with Gasteiger partial charge in [-0.3, -0.25) is 4.98 Å². The standard InChI is InChI=1S/C15H18N4O2S/c1-11-17-18-14(22-11)19-9-15(10-19)7-12(4-6-20-15)21-13-3-2-5-16-8-13/h2-3,5,8,12H,4,6-7,9-10H2,1H3/t12-/m0/s1. The van der Waals surface area contributed by atoms with Crippen LogP contribution in [0, 0.1) is 6.92 Å². The van der Waals surface area contributed by atoms with Gasteiger partial charge in [-0.05, 0) is 19.1 Å². The third-order valence-electron chi connectivity index (χ3n) is 4.13. The Morgan fingerprint density at radius 1 is 1.41 bits per heavy atom. The maximum atomic E-state index is 6.05. The van der Waals surface area contributed by atoms with Crippen LogP contribution in [0.2, 0.25) is 0 Å². The summed E-state index contributed by atoms with van der Waals surface area (Å²) in [7, 11) is 0. The molecule has 0 bridgehead atoms. The Labute approximate surface area is 133 Å². The topological polar surface area (TPSA) is 60.4 Å². The fraction of sp³-hybridized carbons (Fsp3) is 0.533. The number of nitrogens with zero attached hydrogens (tertiary/aromatic N) is 4. The second-order valence-electron chi connectivity index (χ2n) is 5.91. The van der Waals surface area contributed by atoms with Crippen LogP contribution in [0.5, 0.6) is 5.75 Å². The molecule has 4 rings (SSSR count). The number of aryl methyl sites for hydroxylation is 1. The minimum Gasteiger partial charge on any atom is -0.489 e. The predicted octanol–water partition coefficient (Wildman–Crippen LogP) is 2.06. The van der Waals surface area contributed by atoms with E-state index in [1.165, 1.54) is 0 Å². The number of hydrogen-bond acceptors (Lipinski definition) is 7. The molecule has 0 N–H and O–H groups in total. The molecule has 2 aliphatic rings. The van der Waals surface area contributed by atoms with Gasteiger partial charge in [0, 0.05) is 19.0 Å². The Morgan fingerprint density at radius 3 is 3.05 bits per heavy atom. The van der Waals surface area contributed by atoms with Crippen molar-refractivity contribution in [2.45, 2.75) is 31.5 Å². The van der Waals surface area contributed by atoms with Crippen molar-refractivity contribution < 1.29 is 9.47 Å². The molecule has 2 fully saturated rings. The first-order valence-corrected chi connectivity index (χ1v) is 8.30. The van der Waals surface area contributed by atoms with Crippen molar-refractivity contribution in [2.75, 3.05) is 24.6 Å². The molecule has 1 atom stereocenters. The summed E-state index contributed by atoms with van der Waals surface area (Å²) >= 11 is 1.63. The zero-order chi connectivity index (χ0) is 15.0. The first kappa shape index (κ1) is 13.9. The Kier molecular flexibility index (Phi) is 3.46. The molecule has 0 radical (unpaired) electrons. The van der Waals surface area contributed by atoms with Gasteiger partial charge in [0.15, 0.2) is 0 Å². The third kappa shape index (κ3) is 2.66. The first-order chi connectivity index (χ1) is 10.7. The summed E-state index contributed by atoms with van der Waals surface area (Å²) < 4.78 is 12.1. The largest absolute Gasteiger partial charge is 0.489 e. The molecule has 22 heavy (non-hydrogen) atoms. The molecule has 2 aliphatic heterocycles. The van der Waals surface area contributed by atoms with Gasteiger partial charge in [0.2, 0.25) is 5.13 Å². The van der Waals surface area contributed by atoms with Crippen molar-refractivity contribution in [1.29, 1.82) is 0 Å². The average molecular weight is 318 g/mol. The van der Waals surface area contributed by atoms with Crippen LogP contribution in [-0.4, -0.2) is 46.6 Å². The monoisotopic (exact) mass is 318 g/mol. The quantitative estimate of drug-likeness (QED) is 0.863. The Morgan fingerprint density at radius 2 is 2.32 bits per heavy atom. The number of pyridine rings is 1. The Bertz CT molecular complexity index is 642. The molecule has 0 saturated carbocycles. The Hall–Kier alpha value is -1.73. The molecule has 0 aliphatic carbocycles. The number of hydrogen-bond donors (Lipinski definition) is 0. The average Bonchev–Trinajstić information content (AvgIpc) is 2.92. The van der Waals surface area contributed by atoms with Crippen molar-refractivity contribution in [3.63, 3.8) is 0 Å². The summed E-state index contributed by atoms with van der Waals surface area (Å²) in [5.41, 5.74) is -0.0926. The normalized spacial score (nSPS) is 23.3. The van der Waals surface area contributed by atoms with Crippen LogP contribution in [0.1, 0.15) is 17.8 Å². The van der Waals surface area contributed by atoms with Crippen LogP contribution in [-0.2, 0) is 4.74 Å². The van der Waals surface area contributed by atoms with Crippen LogP contribution >= 0.6 is 11.3 Å². The van der Waals surface area contributed by atoms with Crippen LogP contribution < -0.4 is 9.64 Å². The molecule has 6 nitrogen and oxygen atoms in total. The maximum Gasteiger partial charge on any atom is 0.208 e. The van der Waals surface area contributed by atoms with Gasteiger partial charge in [0.05, 0.1) is 25.9 Å². The third-order valence-corrected chi connectivity index (χ3v) is 5.03. The molecule has 2 saturated heterocycles. The second kappa shape index (κ2) is 5.48. The zero-order valence-electron chi connectivity index (χ0n) is 12.4. The van der Waals surface area contributed by atoms with Gasteiger partial charge in [0.1, 0.15) is 22.5 Å². The van der Waals surface area contributed by atoms with E-state index in [1.54, 1.807) is 23.7 Å². The van der Waals surface area contributed by atoms with Crippen LogP contribution in [0.3, 0.4) is 0 Å². The minimum absolute atomic E-state index is 0.0926. The van der Waals surface area contributed by atoms with Crippen molar-refractivity contribution in [2.24, 2.45) is 0 Å². The molecule has 2 aromatic heterocycles. The van der Waals surface area contributed by atoms with Crippen molar-refractivity contribution in [3.8, 4) is 5.75 Å². The van der Waals surface area contributed by atoms with E-state index in [0.29, 0.717) is 0 Å². The van der Waals surface area contributed by atoms with Crippen LogP contribution in [0.4, 0.5) is 5.13 Å². The fourth-order valence-electron chi connectivity index (χ4n) is 3.11. The summed E-state index contributed by atoms with van der Waals surface area (Å²) in [4.78, 5) is 6.33. The highest BCUT2D eigenvalue weighted by atomic mass is 32.1. The molecular formula is C15H18N4O2S. The molecule has 2 aromatic rings. The SMILES string of the molecule is Cc1nnc(N2CC3(C[C@@H](Oc4cccnc4)CCO3)C2)s1. The van der Waals surface area contributed by atoms with Crippen molar-refractivity contribution >= 4 is 16.5 Å². The summed E-state index contributed by atoms with van der Waals surface area (Å²) in [6, 6.07) is 3.85. The summed E-state index contributed by atoms with van der Waals surface area (Å²) in [6.45, 7) is 4.46. The van der Waals surface area contributed by atoms with Gasteiger partial charge in [-0.2, -0.15) is 0 Å². The number of anilines is 1. The lowest BCUT2D eigenvalue weighted by Crippen LogP contribution is -2.66. The van der Waals surface area contributed by atoms with Gasteiger partial charge in [0.25, 0.3) is 0 Å². The number of rotatable bonds is 3. The van der Waals surface area contributed by atoms with Gasteiger partial charge in [-0.15, -0.1) is 10.2 Å².